The lowest BCUT2D eigenvalue weighted by molar-refractivity contribution is 0.318. The van der Waals surface area contributed by atoms with Crippen molar-refractivity contribution in [2.75, 3.05) is 0 Å². The van der Waals surface area contributed by atoms with E-state index < -0.39 is 5.82 Å². The quantitative estimate of drug-likeness (QED) is 0.378. The number of ether oxygens (including phenoxy) is 1. The molecule has 0 bridgehead atoms. The van der Waals surface area contributed by atoms with Crippen LogP contribution in [0.15, 0.2) is 40.0 Å². The molecule has 0 aliphatic rings. The largest absolute Gasteiger partial charge is 0.454 e. The normalized spacial score (nSPS) is 11.5. The molecule has 0 aliphatic carbocycles. The molecule has 110 valence electrons. The number of hydrogen-bond donors (Lipinski definition) is 2. The molecule has 0 amide bonds. The van der Waals surface area contributed by atoms with Crippen LogP contribution in [0.25, 0.3) is 0 Å². The number of oxime groups is 1. The summed E-state index contributed by atoms with van der Waals surface area (Å²) < 4.78 is 19.9. The third-order valence-corrected chi connectivity index (χ3v) is 3.63. The molecule has 0 saturated heterocycles. The summed E-state index contributed by atoms with van der Waals surface area (Å²) in [5.74, 6) is -0.187. The van der Waals surface area contributed by atoms with Gasteiger partial charge in [0.25, 0.3) is 0 Å². The Morgan fingerprint density at radius 1 is 1.24 bits per heavy atom. The zero-order valence-corrected chi connectivity index (χ0v) is 13.1. The Bertz CT molecular complexity index is 697. The second-order valence-electron chi connectivity index (χ2n) is 4.65. The van der Waals surface area contributed by atoms with Crippen LogP contribution >= 0.6 is 15.9 Å². The molecule has 0 spiro atoms. The molecule has 3 N–H and O–H groups in total. The topological polar surface area (TPSA) is 67.8 Å². The maximum absolute atomic E-state index is 14.3. The van der Waals surface area contributed by atoms with Crippen molar-refractivity contribution in [2.24, 2.45) is 10.9 Å². The summed E-state index contributed by atoms with van der Waals surface area (Å²) in [6, 6.07) is 8.58. The predicted octanol–water partition coefficient (Wildman–Crippen LogP) is 4.09. The van der Waals surface area contributed by atoms with Crippen LogP contribution in [0.3, 0.4) is 0 Å². The number of halogens is 2. The minimum atomic E-state index is -0.613. The molecule has 2 aromatic carbocycles. The molecule has 6 heteroatoms. The van der Waals surface area contributed by atoms with E-state index in [1.807, 2.05) is 32.0 Å². The maximum Gasteiger partial charge on any atom is 0.180 e. The number of rotatable bonds is 3. The van der Waals surface area contributed by atoms with Gasteiger partial charge in [-0.3, -0.25) is 0 Å². The minimum absolute atomic E-state index is 0.0568. The highest BCUT2D eigenvalue weighted by Gasteiger charge is 2.15. The van der Waals surface area contributed by atoms with Crippen LogP contribution in [-0.2, 0) is 0 Å². The fourth-order valence-electron chi connectivity index (χ4n) is 1.98. The van der Waals surface area contributed by atoms with Crippen molar-refractivity contribution in [2.45, 2.75) is 13.8 Å². The highest BCUT2D eigenvalue weighted by Crippen LogP contribution is 2.32. The van der Waals surface area contributed by atoms with Gasteiger partial charge in [-0.1, -0.05) is 11.2 Å². The van der Waals surface area contributed by atoms with Gasteiger partial charge in [-0.05, 0) is 65.2 Å². The van der Waals surface area contributed by atoms with Gasteiger partial charge in [-0.15, -0.1) is 0 Å². The van der Waals surface area contributed by atoms with Gasteiger partial charge in [0, 0.05) is 5.56 Å². The van der Waals surface area contributed by atoms with Gasteiger partial charge in [0.15, 0.2) is 17.4 Å². The lowest BCUT2D eigenvalue weighted by Gasteiger charge is -2.11. The van der Waals surface area contributed by atoms with Gasteiger partial charge in [0.05, 0.1) is 4.47 Å². The van der Waals surface area contributed by atoms with Gasteiger partial charge < -0.3 is 15.7 Å². The number of benzene rings is 2. The molecular weight excluding hydrogens is 339 g/mol. The van der Waals surface area contributed by atoms with E-state index in [1.165, 1.54) is 12.1 Å². The molecule has 0 aliphatic heterocycles. The summed E-state index contributed by atoms with van der Waals surface area (Å²) in [5.41, 5.74) is 7.77. The Labute approximate surface area is 130 Å². The summed E-state index contributed by atoms with van der Waals surface area (Å²) in [6.45, 7) is 3.88. The second-order valence-corrected chi connectivity index (χ2v) is 5.44. The standard InChI is InChI=1S/C15H14BrFN2O2/c1-8-5-9(2)7-10(6-8)21-12-4-3-11(15(18)19-20)13(16)14(12)17/h3-7,20H,1-2H3,(H2,18,19). The molecular formula is C15H14BrFN2O2. The van der Waals surface area contributed by atoms with E-state index in [0.29, 0.717) is 5.75 Å². The SMILES string of the molecule is Cc1cc(C)cc(Oc2ccc(/C(N)=N/O)c(Br)c2F)c1. The third kappa shape index (κ3) is 3.33. The van der Waals surface area contributed by atoms with Crippen LogP contribution in [0.1, 0.15) is 16.7 Å². The lowest BCUT2D eigenvalue weighted by Crippen LogP contribution is -2.14. The highest BCUT2D eigenvalue weighted by molar-refractivity contribution is 9.10. The van der Waals surface area contributed by atoms with E-state index >= 15 is 0 Å². The number of amidine groups is 1. The van der Waals surface area contributed by atoms with Crippen LogP contribution in [0.2, 0.25) is 0 Å². The van der Waals surface area contributed by atoms with E-state index in [-0.39, 0.29) is 21.6 Å². The van der Waals surface area contributed by atoms with Crippen molar-refractivity contribution in [1.29, 1.82) is 0 Å². The van der Waals surface area contributed by atoms with Crippen molar-refractivity contribution in [3.8, 4) is 11.5 Å². The van der Waals surface area contributed by atoms with Gasteiger partial charge >= 0.3 is 0 Å². The average molecular weight is 353 g/mol. The first-order valence-electron chi connectivity index (χ1n) is 6.14. The van der Waals surface area contributed by atoms with Gasteiger partial charge in [-0.2, -0.15) is 0 Å². The monoisotopic (exact) mass is 352 g/mol. The number of aryl methyl sites for hydroxylation is 2. The molecule has 0 fully saturated rings. The fraction of sp³-hybridized carbons (Fsp3) is 0.133. The first kappa shape index (κ1) is 15.3. The summed E-state index contributed by atoms with van der Waals surface area (Å²) in [7, 11) is 0. The van der Waals surface area contributed by atoms with Crippen molar-refractivity contribution >= 4 is 21.8 Å². The molecule has 0 heterocycles. The maximum atomic E-state index is 14.3. The van der Waals surface area contributed by atoms with Crippen molar-refractivity contribution in [3.05, 3.63) is 57.3 Å². The molecule has 2 rings (SSSR count). The summed E-state index contributed by atoms with van der Waals surface area (Å²) in [6.07, 6.45) is 0. The number of nitrogens with zero attached hydrogens (tertiary/aromatic N) is 1. The van der Waals surface area contributed by atoms with E-state index in [9.17, 15) is 4.39 Å². The van der Waals surface area contributed by atoms with Gasteiger partial charge in [0.2, 0.25) is 0 Å². The Hall–Kier alpha value is -2.08. The highest BCUT2D eigenvalue weighted by atomic mass is 79.9. The molecule has 0 unspecified atom stereocenters. The molecule has 2 aromatic rings. The molecule has 0 saturated carbocycles. The zero-order chi connectivity index (χ0) is 15.6. The zero-order valence-electron chi connectivity index (χ0n) is 11.5. The Morgan fingerprint density at radius 3 is 2.43 bits per heavy atom. The first-order valence-corrected chi connectivity index (χ1v) is 6.93. The van der Waals surface area contributed by atoms with E-state index in [1.54, 1.807) is 0 Å². The van der Waals surface area contributed by atoms with Gasteiger partial charge in [-0.25, -0.2) is 4.39 Å². The summed E-state index contributed by atoms with van der Waals surface area (Å²) in [4.78, 5) is 0. The number of hydrogen-bond acceptors (Lipinski definition) is 3. The fourth-order valence-corrected chi connectivity index (χ4v) is 2.51. The van der Waals surface area contributed by atoms with E-state index in [4.69, 9.17) is 15.7 Å². The van der Waals surface area contributed by atoms with Crippen molar-refractivity contribution in [1.82, 2.24) is 0 Å². The summed E-state index contributed by atoms with van der Waals surface area (Å²) in [5, 5.41) is 11.5. The Kier molecular flexibility index (Phi) is 4.47. The van der Waals surface area contributed by atoms with Crippen molar-refractivity contribution < 1.29 is 14.3 Å². The van der Waals surface area contributed by atoms with Crippen LogP contribution in [0.4, 0.5) is 4.39 Å². The minimum Gasteiger partial charge on any atom is -0.454 e. The predicted molar refractivity (Wildman–Crippen MR) is 82.6 cm³/mol. The van der Waals surface area contributed by atoms with E-state index in [2.05, 4.69) is 21.1 Å². The Balaban J connectivity index is 2.40. The lowest BCUT2D eigenvalue weighted by atomic mass is 10.1. The van der Waals surface area contributed by atoms with Crippen LogP contribution in [0.5, 0.6) is 11.5 Å². The second kappa shape index (κ2) is 6.13. The molecule has 0 radical (unpaired) electrons. The van der Waals surface area contributed by atoms with Crippen LogP contribution in [0, 0.1) is 19.7 Å². The van der Waals surface area contributed by atoms with E-state index in [0.717, 1.165) is 11.1 Å². The van der Waals surface area contributed by atoms with Crippen molar-refractivity contribution in [3.63, 3.8) is 0 Å². The Morgan fingerprint density at radius 2 is 1.86 bits per heavy atom. The average Bonchev–Trinajstić information content (AvgIpc) is 2.42. The smallest absolute Gasteiger partial charge is 0.180 e. The first-order chi connectivity index (χ1) is 9.92. The van der Waals surface area contributed by atoms with Crippen LogP contribution < -0.4 is 10.5 Å². The molecule has 4 nitrogen and oxygen atoms in total. The molecule has 21 heavy (non-hydrogen) atoms. The number of nitrogens with two attached hydrogens (primary N) is 1. The van der Waals surface area contributed by atoms with Crippen LogP contribution in [-0.4, -0.2) is 11.0 Å². The van der Waals surface area contributed by atoms with Gasteiger partial charge in [0.1, 0.15) is 5.75 Å². The third-order valence-electron chi connectivity index (χ3n) is 2.85. The molecule has 0 aromatic heterocycles. The molecule has 0 atom stereocenters. The summed E-state index contributed by atoms with van der Waals surface area (Å²) >= 11 is 3.09.